The molecule has 0 atom stereocenters. The third-order valence-corrected chi connectivity index (χ3v) is 4.25. The van der Waals surface area contributed by atoms with Crippen molar-refractivity contribution in [3.05, 3.63) is 23.8 Å². The van der Waals surface area contributed by atoms with Gasteiger partial charge in [0.15, 0.2) is 6.61 Å². The van der Waals surface area contributed by atoms with Gasteiger partial charge in [-0.25, -0.2) is 8.42 Å². The molecule has 0 unspecified atom stereocenters. The third-order valence-electron chi connectivity index (χ3n) is 2.90. The van der Waals surface area contributed by atoms with Crippen LogP contribution in [0.5, 0.6) is 5.75 Å². The molecule has 0 saturated heterocycles. The first-order chi connectivity index (χ1) is 9.29. The van der Waals surface area contributed by atoms with Crippen molar-refractivity contribution in [1.29, 1.82) is 0 Å². The normalized spacial score (nSPS) is 11.2. The lowest BCUT2D eigenvalue weighted by Gasteiger charge is -2.19. The van der Waals surface area contributed by atoms with Crippen LogP contribution in [-0.4, -0.2) is 38.9 Å². The Balaban J connectivity index is 2.78. The fraction of sp³-hybridized carbons (Fsp3) is 0.462. The molecule has 0 fully saturated rings. The molecule has 0 aliphatic carbocycles. The summed E-state index contributed by atoms with van der Waals surface area (Å²) in [5.74, 6) is 0.359. The molecule has 1 rings (SSSR count). The Kier molecular flexibility index (Phi) is 5.83. The maximum atomic E-state index is 11.8. The largest absolute Gasteiger partial charge is 0.483 e. The number of rotatable bonds is 6. The molecule has 0 spiro atoms. The fourth-order valence-electron chi connectivity index (χ4n) is 1.74. The van der Waals surface area contributed by atoms with Crippen LogP contribution in [0.1, 0.15) is 19.4 Å². The van der Waals surface area contributed by atoms with Crippen LogP contribution >= 0.6 is 10.7 Å². The van der Waals surface area contributed by atoms with Gasteiger partial charge in [0.05, 0.1) is 4.90 Å². The summed E-state index contributed by atoms with van der Waals surface area (Å²) >= 11 is 0. The Morgan fingerprint density at radius 1 is 1.30 bits per heavy atom. The molecule has 0 heterocycles. The number of carbonyl (C=O) groups excluding carboxylic acids is 1. The summed E-state index contributed by atoms with van der Waals surface area (Å²) in [5, 5.41) is 0. The van der Waals surface area contributed by atoms with Crippen LogP contribution in [-0.2, 0) is 13.8 Å². The molecule has 0 bridgehead atoms. The molecule has 1 amide bonds. The highest BCUT2D eigenvalue weighted by molar-refractivity contribution is 8.13. The summed E-state index contributed by atoms with van der Waals surface area (Å²) in [4.78, 5) is 13.5. The fourth-order valence-corrected chi connectivity index (χ4v) is 2.58. The van der Waals surface area contributed by atoms with E-state index in [2.05, 4.69) is 0 Å². The number of carbonyl (C=O) groups is 1. The smallest absolute Gasteiger partial charge is 0.261 e. The predicted molar refractivity (Wildman–Crippen MR) is 77.6 cm³/mol. The lowest BCUT2D eigenvalue weighted by atomic mass is 10.2. The minimum absolute atomic E-state index is 0.0130. The predicted octanol–water partition coefficient (Wildman–Crippen LogP) is 2.17. The summed E-state index contributed by atoms with van der Waals surface area (Å²) in [6.45, 7) is 6.67. The summed E-state index contributed by atoms with van der Waals surface area (Å²) < 4.78 is 27.8. The molecule has 0 aliphatic rings. The van der Waals surface area contributed by atoms with Gasteiger partial charge in [-0.2, -0.15) is 0 Å². The summed E-state index contributed by atoms with van der Waals surface area (Å²) in [7, 11) is 1.51. The molecule has 1 aromatic rings. The van der Waals surface area contributed by atoms with E-state index in [4.69, 9.17) is 15.4 Å². The maximum absolute atomic E-state index is 11.8. The number of nitrogens with zero attached hydrogens (tertiary/aromatic N) is 1. The van der Waals surface area contributed by atoms with E-state index in [1.807, 2.05) is 13.8 Å². The minimum Gasteiger partial charge on any atom is -0.483 e. The number of halogens is 1. The van der Waals surface area contributed by atoms with Crippen molar-refractivity contribution in [3.8, 4) is 5.75 Å². The van der Waals surface area contributed by atoms with E-state index >= 15 is 0 Å². The number of benzene rings is 1. The molecule has 20 heavy (non-hydrogen) atoms. The highest BCUT2D eigenvalue weighted by atomic mass is 35.7. The first kappa shape index (κ1) is 16.8. The number of hydrogen-bond donors (Lipinski definition) is 0. The lowest BCUT2D eigenvalue weighted by molar-refractivity contribution is -0.132. The van der Waals surface area contributed by atoms with Crippen LogP contribution in [0.15, 0.2) is 23.1 Å². The number of aryl methyl sites for hydroxylation is 1. The van der Waals surface area contributed by atoms with Crippen molar-refractivity contribution in [2.75, 3.05) is 19.7 Å². The molecule has 0 aromatic heterocycles. The van der Waals surface area contributed by atoms with E-state index in [0.29, 0.717) is 24.4 Å². The van der Waals surface area contributed by atoms with Crippen LogP contribution in [0.2, 0.25) is 0 Å². The second kappa shape index (κ2) is 6.95. The molecule has 1 aromatic carbocycles. The zero-order chi connectivity index (χ0) is 15.3. The minimum atomic E-state index is -3.75. The molecule has 112 valence electrons. The van der Waals surface area contributed by atoms with Crippen LogP contribution in [0, 0.1) is 6.92 Å². The van der Waals surface area contributed by atoms with Crippen molar-refractivity contribution in [2.24, 2.45) is 0 Å². The topological polar surface area (TPSA) is 63.7 Å². The van der Waals surface area contributed by atoms with Gasteiger partial charge in [0.1, 0.15) is 5.75 Å². The van der Waals surface area contributed by atoms with Gasteiger partial charge < -0.3 is 9.64 Å². The Hall–Kier alpha value is -1.27. The third kappa shape index (κ3) is 4.38. The van der Waals surface area contributed by atoms with Crippen LogP contribution in [0.3, 0.4) is 0 Å². The molecule has 7 heteroatoms. The van der Waals surface area contributed by atoms with Crippen molar-refractivity contribution in [2.45, 2.75) is 25.7 Å². The lowest BCUT2D eigenvalue weighted by Crippen LogP contribution is -2.34. The number of likely N-dealkylation sites (N-methyl/N-ethyl adjacent to an activating group) is 1. The first-order valence-corrected chi connectivity index (χ1v) is 8.56. The van der Waals surface area contributed by atoms with Gasteiger partial charge in [0.25, 0.3) is 15.0 Å². The molecular formula is C13H18ClNO4S. The van der Waals surface area contributed by atoms with Crippen LogP contribution in [0.4, 0.5) is 0 Å². The van der Waals surface area contributed by atoms with E-state index in [1.165, 1.54) is 18.2 Å². The highest BCUT2D eigenvalue weighted by Gasteiger charge is 2.14. The van der Waals surface area contributed by atoms with Gasteiger partial charge in [-0.3, -0.25) is 4.79 Å². The average molecular weight is 320 g/mol. The van der Waals surface area contributed by atoms with Gasteiger partial charge >= 0.3 is 0 Å². The van der Waals surface area contributed by atoms with Crippen molar-refractivity contribution >= 4 is 25.6 Å². The summed E-state index contributed by atoms with van der Waals surface area (Å²) in [6, 6.07) is 4.27. The molecule has 0 saturated carbocycles. The standard InChI is InChI=1S/C13H18ClNO4S/c1-4-15(5-2)13(16)9-19-12-7-6-11(8-10(12)3)20(14,17)18/h6-8H,4-5,9H2,1-3H3. The van der Waals surface area contributed by atoms with Gasteiger partial charge in [0.2, 0.25) is 0 Å². The number of hydrogen-bond acceptors (Lipinski definition) is 4. The average Bonchev–Trinajstić information content (AvgIpc) is 2.37. The van der Waals surface area contributed by atoms with Crippen molar-refractivity contribution in [3.63, 3.8) is 0 Å². The second-order valence-electron chi connectivity index (χ2n) is 4.22. The van der Waals surface area contributed by atoms with Crippen molar-refractivity contribution in [1.82, 2.24) is 4.90 Å². The quantitative estimate of drug-likeness (QED) is 0.754. The monoisotopic (exact) mass is 319 g/mol. The molecular weight excluding hydrogens is 302 g/mol. The van der Waals surface area contributed by atoms with Gasteiger partial charge in [-0.05, 0) is 44.5 Å². The maximum Gasteiger partial charge on any atom is 0.261 e. The first-order valence-electron chi connectivity index (χ1n) is 6.25. The Morgan fingerprint density at radius 2 is 1.90 bits per heavy atom. The Morgan fingerprint density at radius 3 is 2.35 bits per heavy atom. The van der Waals surface area contributed by atoms with E-state index in [0.717, 1.165) is 0 Å². The van der Waals surface area contributed by atoms with Crippen LogP contribution in [0.25, 0.3) is 0 Å². The molecule has 5 nitrogen and oxygen atoms in total. The zero-order valence-corrected chi connectivity index (χ0v) is 13.3. The van der Waals surface area contributed by atoms with Gasteiger partial charge in [-0.15, -0.1) is 0 Å². The second-order valence-corrected chi connectivity index (χ2v) is 6.79. The summed E-state index contributed by atoms with van der Waals surface area (Å²) in [5.41, 5.74) is 0.610. The highest BCUT2D eigenvalue weighted by Crippen LogP contribution is 2.23. The SMILES string of the molecule is CCN(CC)C(=O)COc1ccc(S(=O)(=O)Cl)cc1C. The van der Waals surface area contributed by atoms with E-state index in [-0.39, 0.29) is 17.4 Å². The molecule has 0 N–H and O–H groups in total. The molecule has 0 radical (unpaired) electrons. The number of amides is 1. The van der Waals surface area contributed by atoms with Gasteiger partial charge in [0, 0.05) is 23.8 Å². The number of ether oxygens (including phenoxy) is 1. The molecule has 0 aliphatic heterocycles. The van der Waals surface area contributed by atoms with E-state index < -0.39 is 9.05 Å². The van der Waals surface area contributed by atoms with Gasteiger partial charge in [-0.1, -0.05) is 0 Å². The van der Waals surface area contributed by atoms with E-state index in [9.17, 15) is 13.2 Å². The summed E-state index contributed by atoms with van der Waals surface area (Å²) in [6.07, 6.45) is 0. The van der Waals surface area contributed by atoms with Crippen molar-refractivity contribution < 1.29 is 17.9 Å². The zero-order valence-electron chi connectivity index (χ0n) is 11.7. The Labute approximate surface area is 123 Å². The van der Waals surface area contributed by atoms with Crippen LogP contribution < -0.4 is 4.74 Å². The Bertz CT molecular complexity index is 582. The van der Waals surface area contributed by atoms with E-state index in [1.54, 1.807) is 11.8 Å².